The van der Waals surface area contributed by atoms with E-state index in [0.717, 1.165) is 17.7 Å². The smallest absolute Gasteiger partial charge is 0.362 e. The van der Waals surface area contributed by atoms with Crippen LogP contribution in [0.25, 0.3) is 0 Å². The number of halogens is 4. The number of hydrogen-bond donors (Lipinski definition) is 1. The molecule has 0 aliphatic carbocycles. The highest BCUT2D eigenvalue weighted by molar-refractivity contribution is 6.05. The summed E-state index contributed by atoms with van der Waals surface area (Å²) in [5.74, 6) is -1.65. The van der Waals surface area contributed by atoms with Crippen molar-refractivity contribution < 1.29 is 27.5 Å². The highest BCUT2D eigenvalue weighted by Crippen LogP contribution is 2.42. The summed E-state index contributed by atoms with van der Waals surface area (Å²) in [5.41, 5.74) is -2.66. The van der Waals surface area contributed by atoms with E-state index in [-0.39, 0.29) is 21.8 Å². The molecule has 4 nitrogen and oxygen atoms in total. The van der Waals surface area contributed by atoms with Gasteiger partial charge in [0.1, 0.15) is 5.82 Å². The standard InChI is InChI=1S/C18H14F4N2O2/c1-11-2-4-13(5-3-11)16(25)24-17(26,18(20,21)22)10-15(23-24)12-6-8-14(19)9-7-12/h2-9,26H,10H2,1H3/t17-/m1/s1. The Morgan fingerprint density at radius 1 is 1.12 bits per heavy atom. The molecule has 0 saturated heterocycles. The fourth-order valence-corrected chi connectivity index (χ4v) is 2.60. The number of hydrogen-bond acceptors (Lipinski definition) is 3. The lowest BCUT2D eigenvalue weighted by Gasteiger charge is -2.32. The Kier molecular flexibility index (Phi) is 4.31. The molecule has 0 fully saturated rings. The lowest BCUT2D eigenvalue weighted by molar-refractivity contribution is -0.297. The quantitative estimate of drug-likeness (QED) is 0.825. The number of carbonyl (C=O) groups is 1. The summed E-state index contributed by atoms with van der Waals surface area (Å²) >= 11 is 0. The second kappa shape index (κ2) is 6.21. The maximum absolute atomic E-state index is 13.5. The van der Waals surface area contributed by atoms with E-state index in [1.807, 2.05) is 0 Å². The molecule has 0 spiro atoms. The van der Waals surface area contributed by atoms with Crippen LogP contribution in [-0.4, -0.2) is 33.6 Å². The van der Waals surface area contributed by atoms with E-state index in [9.17, 15) is 27.5 Å². The van der Waals surface area contributed by atoms with Crippen LogP contribution in [0, 0.1) is 12.7 Å². The van der Waals surface area contributed by atoms with Crippen LogP contribution in [0.15, 0.2) is 53.6 Å². The second-order valence-corrected chi connectivity index (χ2v) is 6.03. The lowest BCUT2D eigenvalue weighted by atomic mass is 10.0. The average molecular weight is 366 g/mol. The molecular formula is C18H14F4N2O2. The third-order valence-electron chi connectivity index (χ3n) is 4.11. The summed E-state index contributed by atoms with van der Waals surface area (Å²) in [7, 11) is 0. The maximum atomic E-state index is 13.5. The van der Waals surface area contributed by atoms with Crippen LogP contribution in [0.3, 0.4) is 0 Å². The number of aliphatic hydroxyl groups is 1. The predicted molar refractivity (Wildman–Crippen MR) is 85.9 cm³/mol. The zero-order chi connectivity index (χ0) is 19.1. The van der Waals surface area contributed by atoms with Gasteiger partial charge < -0.3 is 5.11 Å². The Morgan fingerprint density at radius 3 is 2.23 bits per heavy atom. The molecule has 0 radical (unpaired) electrons. The highest BCUT2D eigenvalue weighted by atomic mass is 19.4. The van der Waals surface area contributed by atoms with Crippen LogP contribution in [0.2, 0.25) is 0 Å². The van der Waals surface area contributed by atoms with Crippen LogP contribution >= 0.6 is 0 Å². The number of nitrogens with zero attached hydrogens (tertiary/aromatic N) is 2. The molecule has 8 heteroatoms. The van der Waals surface area contributed by atoms with Crippen LogP contribution < -0.4 is 0 Å². The molecule has 0 aromatic heterocycles. The van der Waals surface area contributed by atoms with Gasteiger partial charge in [-0.05, 0) is 36.8 Å². The number of hydrazone groups is 1. The Bertz CT molecular complexity index is 860. The Balaban J connectivity index is 2.03. The van der Waals surface area contributed by atoms with Gasteiger partial charge in [0.2, 0.25) is 0 Å². The molecule has 3 rings (SSSR count). The number of alkyl halides is 3. The SMILES string of the molecule is Cc1ccc(C(=O)N2N=C(c3ccc(F)cc3)C[C@@]2(O)C(F)(F)F)cc1. The highest BCUT2D eigenvalue weighted by Gasteiger charge is 2.63. The molecular weight excluding hydrogens is 352 g/mol. The zero-order valence-corrected chi connectivity index (χ0v) is 13.6. The van der Waals surface area contributed by atoms with E-state index >= 15 is 0 Å². The van der Waals surface area contributed by atoms with Crippen LogP contribution in [-0.2, 0) is 0 Å². The molecule has 0 saturated carbocycles. The molecule has 2 aromatic carbocycles. The summed E-state index contributed by atoms with van der Waals surface area (Å²) in [4.78, 5) is 12.6. The molecule has 1 heterocycles. The second-order valence-electron chi connectivity index (χ2n) is 6.03. The van der Waals surface area contributed by atoms with E-state index in [0.29, 0.717) is 0 Å². The molecule has 26 heavy (non-hydrogen) atoms. The van der Waals surface area contributed by atoms with Crippen molar-refractivity contribution in [1.82, 2.24) is 5.01 Å². The predicted octanol–water partition coefficient (Wildman–Crippen LogP) is 3.64. The van der Waals surface area contributed by atoms with Crippen molar-refractivity contribution in [2.24, 2.45) is 5.10 Å². The van der Waals surface area contributed by atoms with Gasteiger partial charge in [-0.3, -0.25) is 4.79 Å². The molecule has 2 aromatic rings. The first-order valence-corrected chi connectivity index (χ1v) is 7.65. The van der Waals surface area contributed by atoms with Crippen molar-refractivity contribution >= 4 is 11.6 Å². The first-order valence-electron chi connectivity index (χ1n) is 7.65. The van der Waals surface area contributed by atoms with Gasteiger partial charge in [-0.15, -0.1) is 0 Å². The first-order chi connectivity index (χ1) is 12.1. The summed E-state index contributed by atoms with van der Waals surface area (Å²) in [6, 6.07) is 10.5. The fraction of sp³-hybridized carbons (Fsp3) is 0.222. The zero-order valence-electron chi connectivity index (χ0n) is 13.6. The normalized spacial score (nSPS) is 20.2. The van der Waals surface area contributed by atoms with E-state index in [1.54, 1.807) is 19.1 Å². The van der Waals surface area contributed by atoms with E-state index in [4.69, 9.17) is 0 Å². The molecule has 1 aliphatic rings. The Morgan fingerprint density at radius 2 is 1.69 bits per heavy atom. The van der Waals surface area contributed by atoms with Gasteiger partial charge in [-0.25, -0.2) is 4.39 Å². The number of carbonyl (C=O) groups excluding carboxylic acids is 1. The van der Waals surface area contributed by atoms with Crippen molar-refractivity contribution in [1.29, 1.82) is 0 Å². The molecule has 1 aliphatic heterocycles. The van der Waals surface area contributed by atoms with Gasteiger partial charge in [-0.1, -0.05) is 29.8 Å². The topological polar surface area (TPSA) is 52.9 Å². The van der Waals surface area contributed by atoms with E-state index < -0.39 is 30.0 Å². The van der Waals surface area contributed by atoms with Crippen molar-refractivity contribution in [2.75, 3.05) is 0 Å². The van der Waals surface area contributed by atoms with Crippen LogP contribution in [0.5, 0.6) is 0 Å². The van der Waals surface area contributed by atoms with Crippen LogP contribution in [0.4, 0.5) is 17.6 Å². The molecule has 136 valence electrons. The van der Waals surface area contributed by atoms with Crippen molar-refractivity contribution in [3.05, 3.63) is 71.0 Å². The number of rotatable bonds is 2. The fourth-order valence-electron chi connectivity index (χ4n) is 2.60. The van der Waals surface area contributed by atoms with Gasteiger partial charge in [0.15, 0.2) is 0 Å². The average Bonchev–Trinajstić information content (AvgIpc) is 2.94. The van der Waals surface area contributed by atoms with Crippen molar-refractivity contribution in [3.63, 3.8) is 0 Å². The number of aryl methyl sites for hydroxylation is 1. The minimum absolute atomic E-state index is 0.0395. The monoisotopic (exact) mass is 366 g/mol. The third-order valence-corrected chi connectivity index (χ3v) is 4.11. The molecule has 1 N–H and O–H groups in total. The Labute approximate surface area is 146 Å². The first kappa shape index (κ1) is 18.1. The van der Waals surface area contributed by atoms with E-state index in [2.05, 4.69) is 5.10 Å². The minimum atomic E-state index is -5.13. The molecule has 1 amide bonds. The summed E-state index contributed by atoms with van der Waals surface area (Å²) < 4.78 is 53.6. The van der Waals surface area contributed by atoms with Crippen molar-refractivity contribution in [2.45, 2.75) is 25.2 Å². The molecule has 0 unspecified atom stereocenters. The van der Waals surface area contributed by atoms with Crippen LogP contribution in [0.1, 0.15) is 27.9 Å². The lowest BCUT2D eigenvalue weighted by Crippen LogP contribution is -2.56. The minimum Gasteiger partial charge on any atom is -0.362 e. The third kappa shape index (κ3) is 3.08. The van der Waals surface area contributed by atoms with Crippen molar-refractivity contribution in [3.8, 4) is 0 Å². The summed E-state index contributed by atoms with van der Waals surface area (Å²) in [6.45, 7) is 1.76. The Hall–Kier alpha value is -2.74. The largest absolute Gasteiger partial charge is 0.438 e. The maximum Gasteiger partial charge on any atom is 0.438 e. The van der Waals surface area contributed by atoms with Gasteiger partial charge in [0.25, 0.3) is 11.6 Å². The molecule has 0 bridgehead atoms. The molecule has 1 atom stereocenters. The van der Waals surface area contributed by atoms with Gasteiger partial charge in [0.05, 0.1) is 12.1 Å². The summed E-state index contributed by atoms with van der Waals surface area (Å²) in [6.07, 6.45) is -6.07. The van der Waals surface area contributed by atoms with Gasteiger partial charge in [0, 0.05) is 5.56 Å². The van der Waals surface area contributed by atoms with Gasteiger partial charge in [-0.2, -0.15) is 23.3 Å². The summed E-state index contributed by atoms with van der Waals surface area (Å²) in [5, 5.41) is 14.0. The van der Waals surface area contributed by atoms with Gasteiger partial charge >= 0.3 is 6.18 Å². The number of benzene rings is 2. The number of amides is 1. The van der Waals surface area contributed by atoms with E-state index in [1.165, 1.54) is 24.3 Å².